The molecule has 2 heterocycles. The fraction of sp³-hybridized carbons (Fsp3) is 0.222. The number of aromatic nitrogens is 2. The Labute approximate surface area is 143 Å². The van der Waals surface area contributed by atoms with E-state index in [1.54, 1.807) is 0 Å². The standard InChI is InChI=1S/C18H17BrN4/c19-14-7-5-13(6-8-14)17-21-16-4-2-1-3-15(16)18(22-17)23-11-9-20-10-12-23/h1-8,20H,9-12H2/p+1. The second-order valence-electron chi connectivity index (χ2n) is 5.75. The first-order valence-corrected chi connectivity index (χ1v) is 8.70. The van der Waals surface area contributed by atoms with Crippen LogP contribution in [0.2, 0.25) is 0 Å². The van der Waals surface area contributed by atoms with E-state index < -0.39 is 0 Å². The predicted molar refractivity (Wildman–Crippen MR) is 96.5 cm³/mol. The Kier molecular flexibility index (Phi) is 3.97. The van der Waals surface area contributed by atoms with Crippen LogP contribution >= 0.6 is 15.9 Å². The maximum absolute atomic E-state index is 4.91. The Balaban J connectivity index is 1.87. The first-order chi connectivity index (χ1) is 11.3. The van der Waals surface area contributed by atoms with Crippen molar-refractivity contribution in [1.29, 1.82) is 0 Å². The molecule has 1 aromatic heterocycles. The number of anilines is 1. The van der Waals surface area contributed by atoms with E-state index in [0.29, 0.717) is 0 Å². The smallest absolute Gasteiger partial charge is 0.162 e. The van der Waals surface area contributed by atoms with Gasteiger partial charge >= 0.3 is 0 Å². The molecule has 2 aromatic carbocycles. The lowest BCUT2D eigenvalue weighted by Gasteiger charge is -2.27. The van der Waals surface area contributed by atoms with Crippen molar-refractivity contribution >= 4 is 32.7 Å². The van der Waals surface area contributed by atoms with Gasteiger partial charge in [0.2, 0.25) is 0 Å². The molecule has 1 fully saturated rings. The van der Waals surface area contributed by atoms with Gasteiger partial charge in [-0.1, -0.05) is 40.2 Å². The molecule has 4 nitrogen and oxygen atoms in total. The van der Waals surface area contributed by atoms with Gasteiger partial charge in [0, 0.05) is 15.4 Å². The van der Waals surface area contributed by atoms with Crippen molar-refractivity contribution in [2.75, 3.05) is 31.1 Å². The largest absolute Gasteiger partial charge is 0.345 e. The molecule has 3 aromatic rings. The summed E-state index contributed by atoms with van der Waals surface area (Å²) < 4.78 is 1.06. The Morgan fingerprint density at radius 3 is 2.43 bits per heavy atom. The van der Waals surface area contributed by atoms with Crippen molar-refractivity contribution in [2.24, 2.45) is 0 Å². The van der Waals surface area contributed by atoms with E-state index in [1.165, 1.54) is 0 Å². The maximum Gasteiger partial charge on any atom is 0.162 e. The van der Waals surface area contributed by atoms with E-state index >= 15 is 0 Å². The minimum absolute atomic E-state index is 0.792. The van der Waals surface area contributed by atoms with Crippen LogP contribution in [0.3, 0.4) is 0 Å². The summed E-state index contributed by atoms with van der Waals surface area (Å²) in [5, 5.41) is 3.49. The summed E-state index contributed by atoms with van der Waals surface area (Å²) in [7, 11) is 0. The molecule has 0 radical (unpaired) electrons. The topological polar surface area (TPSA) is 45.6 Å². The van der Waals surface area contributed by atoms with Crippen LogP contribution in [0.15, 0.2) is 53.0 Å². The van der Waals surface area contributed by atoms with Crippen molar-refractivity contribution in [1.82, 2.24) is 9.97 Å². The van der Waals surface area contributed by atoms with Gasteiger partial charge in [0.25, 0.3) is 0 Å². The summed E-state index contributed by atoms with van der Waals surface area (Å²) in [6.45, 7) is 4.29. The second kappa shape index (κ2) is 6.26. The highest BCUT2D eigenvalue weighted by Gasteiger charge is 2.18. The minimum atomic E-state index is 0.792. The van der Waals surface area contributed by atoms with Gasteiger partial charge < -0.3 is 10.2 Å². The molecule has 0 bridgehead atoms. The van der Waals surface area contributed by atoms with Crippen LogP contribution in [0.5, 0.6) is 0 Å². The van der Waals surface area contributed by atoms with Crippen molar-refractivity contribution in [3.05, 3.63) is 53.0 Å². The SMILES string of the molecule is Brc1ccc(-c2nc(N3CC[NH2+]CC3)c3ccccc3n2)cc1. The predicted octanol–water partition coefficient (Wildman–Crippen LogP) is 2.44. The van der Waals surface area contributed by atoms with Gasteiger partial charge in [0.1, 0.15) is 5.82 Å². The van der Waals surface area contributed by atoms with Gasteiger partial charge in [-0.05, 0) is 24.3 Å². The van der Waals surface area contributed by atoms with Gasteiger partial charge in [-0.25, -0.2) is 9.97 Å². The highest BCUT2D eigenvalue weighted by atomic mass is 79.9. The van der Waals surface area contributed by atoms with Crippen molar-refractivity contribution in [3.8, 4) is 11.4 Å². The number of nitrogens with two attached hydrogens (primary N) is 1. The molecule has 1 aliphatic rings. The zero-order chi connectivity index (χ0) is 15.6. The molecule has 0 atom stereocenters. The highest BCUT2D eigenvalue weighted by Crippen LogP contribution is 2.28. The van der Waals surface area contributed by atoms with Crippen molar-refractivity contribution < 1.29 is 5.32 Å². The molecule has 1 aliphatic heterocycles. The summed E-state index contributed by atoms with van der Waals surface area (Å²) in [5.74, 6) is 1.85. The molecule has 4 rings (SSSR count). The third kappa shape index (κ3) is 2.94. The second-order valence-corrected chi connectivity index (χ2v) is 6.66. The molecule has 1 saturated heterocycles. The van der Waals surface area contributed by atoms with Crippen molar-refractivity contribution in [3.63, 3.8) is 0 Å². The number of benzene rings is 2. The number of hydrogen-bond donors (Lipinski definition) is 1. The Bertz CT molecular complexity index is 826. The summed E-state index contributed by atoms with van der Waals surface area (Å²) in [5.41, 5.74) is 2.05. The molecule has 0 saturated carbocycles. The molecule has 23 heavy (non-hydrogen) atoms. The van der Waals surface area contributed by atoms with Crippen LogP contribution in [0.4, 0.5) is 5.82 Å². The average Bonchev–Trinajstić information content (AvgIpc) is 2.62. The Morgan fingerprint density at radius 2 is 1.65 bits per heavy atom. The van der Waals surface area contributed by atoms with Gasteiger partial charge in [-0.15, -0.1) is 0 Å². The lowest BCUT2D eigenvalue weighted by molar-refractivity contribution is -0.655. The van der Waals surface area contributed by atoms with Gasteiger partial charge in [-0.3, -0.25) is 0 Å². The molecule has 0 amide bonds. The van der Waals surface area contributed by atoms with E-state index in [1.807, 2.05) is 18.2 Å². The number of para-hydroxylation sites is 1. The lowest BCUT2D eigenvalue weighted by atomic mass is 10.1. The molecule has 0 spiro atoms. The molecule has 0 unspecified atom stereocenters. The zero-order valence-corrected chi connectivity index (χ0v) is 14.3. The summed E-state index contributed by atoms with van der Waals surface area (Å²) in [6.07, 6.45) is 0. The van der Waals surface area contributed by atoms with Gasteiger partial charge in [0.15, 0.2) is 5.82 Å². The van der Waals surface area contributed by atoms with E-state index in [9.17, 15) is 0 Å². The fourth-order valence-electron chi connectivity index (χ4n) is 2.99. The molecule has 0 aliphatic carbocycles. The van der Waals surface area contributed by atoms with E-state index in [2.05, 4.69) is 56.5 Å². The normalized spacial score (nSPS) is 15.1. The number of fused-ring (bicyclic) bond motifs is 1. The molecule has 116 valence electrons. The van der Waals surface area contributed by atoms with Crippen molar-refractivity contribution in [2.45, 2.75) is 0 Å². The number of piperazine rings is 1. The van der Waals surface area contributed by atoms with Crippen LogP contribution < -0.4 is 10.2 Å². The molecule has 2 N–H and O–H groups in total. The van der Waals surface area contributed by atoms with E-state index in [-0.39, 0.29) is 0 Å². The Hall–Kier alpha value is -1.98. The lowest BCUT2D eigenvalue weighted by Crippen LogP contribution is -2.89. The fourth-order valence-corrected chi connectivity index (χ4v) is 3.26. The summed E-state index contributed by atoms with van der Waals surface area (Å²) in [4.78, 5) is 12.1. The number of nitrogens with zero attached hydrogens (tertiary/aromatic N) is 3. The van der Waals surface area contributed by atoms with E-state index in [4.69, 9.17) is 9.97 Å². The summed E-state index contributed by atoms with van der Waals surface area (Å²) in [6, 6.07) is 16.5. The third-order valence-electron chi connectivity index (χ3n) is 4.19. The Morgan fingerprint density at radius 1 is 0.913 bits per heavy atom. The van der Waals surface area contributed by atoms with Crippen LogP contribution in [0.1, 0.15) is 0 Å². The highest BCUT2D eigenvalue weighted by molar-refractivity contribution is 9.10. The van der Waals surface area contributed by atoms with Gasteiger partial charge in [-0.2, -0.15) is 0 Å². The molecular formula is C18H18BrN4+. The minimum Gasteiger partial charge on any atom is -0.345 e. The van der Waals surface area contributed by atoms with Crippen LogP contribution in [0.25, 0.3) is 22.3 Å². The van der Waals surface area contributed by atoms with Crippen LogP contribution in [-0.2, 0) is 0 Å². The average molecular weight is 370 g/mol. The number of rotatable bonds is 2. The maximum atomic E-state index is 4.91. The molecule has 5 heteroatoms. The molecular weight excluding hydrogens is 352 g/mol. The summed E-state index contributed by atoms with van der Waals surface area (Å²) >= 11 is 3.48. The van der Waals surface area contributed by atoms with Crippen LogP contribution in [-0.4, -0.2) is 36.1 Å². The van der Waals surface area contributed by atoms with Crippen LogP contribution in [0, 0.1) is 0 Å². The monoisotopic (exact) mass is 369 g/mol. The number of halogens is 1. The first-order valence-electron chi connectivity index (χ1n) is 7.90. The first kappa shape index (κ1) is 14.6. The zero-order valence-electron chi connectivity index (χ0n) is 12.7. The van der Waals surface area contributed by atoms with Gasteiger partial charge in [0.05, 0.1) is 31.7 Å². The number of hydrogen-bond acceptors (Lipinski definition) is 3. The quantitative estimate of drug-likeness (QED) is 0.754. The third-order valence-corrected chi connectivity index (χ3v) is 4.72. The number of quaternary nitrogens is 1. The van der Waals surface area contributed by atoms with E-state index in [0.717, 1.165) is 58.8 Å².